The normalized spacial score (nSPS) is 11.2. The van der Waals surface area contributed by atoms with Crippen molar-refractivity contribution >= 4 is 32.9 Å². The van der Waals surface area contributed by atoms with Gasteiger partial charge in [-0.25, -0.2) is 13.8 Å². The first-order valence-corrected chi connectivity index (χ1v) is 6.67. The van der Waals surface area contributed by atoms with Crippen molar-refractivity contribution < 1.29 is 8.78 Å². The molecule has 3 aromatic rings. The first-order valence-electron chi connectivity index (χ1n) is 5.87. The average Bonchev–Trinajstić information content (AvgIpc) is 2.74. The second-order valence-electron chi connectivity index (χ2n) is 4.47. The molecule has 1 heterocycles. The number of halogens is 3. The zero-order chi connectivity index (χ0) is 14.4. The van der Waals surface area contributed by atoms with Crippen molar-refractivity contribution in [2.45, 2.75) is 6.92 Å². The molecule has 20 heavy (non-hydrogen) atoms. The first kappa shape index (κ1) is 13.1. The smallest absolute Gasteiger partial charge is 0.206 e. The molecular weight excluding hydrogens is 328 g/mol. The summed E-state index contributed by atoms with van der Waals surface area (Å²) in [6, 6.07) is 7.97. The summed E-state index contributed by atoms with van der Waals surface area (Å²) in [6.45, 7) is 1.87. The quantitative estimate of drug-likeness (QED) is 0.730. The van der Waals surface area contributed by atoms with E-state index in [4.69, 9.17) is 5.73 Å². The van der Waals surface area contributed by atoms with E-state index in [1.165, 1.54) is 10.6 Å². The molecule has 0 aliphatic heterocycles. The highest BCUT2D eigenvalue weighted by atomic mass is 79.9. The molecule has 0 aliphatic carbocycles. The van der Waals surface area contributed by atoms with E-state index in [1.54, 1.807) is 6.07 Å². The number of rotatable bonds is 1. The topological polar surface area (TPSA) is 43.8 Å². The van der Waals surface area contributed by atoms with Gasteiger partial charge in [0, 0.05) is 4.47 Å². The highest BCUT2D eigenvalue weighted by Crippen LogP contribution is 2.29. The molecule has 0 amide bonds. The SMILES string of the molecule is Cc1ccc(Br)cc1-n1c(N)nc2ccc(F)c(F)c21. The number of fused-ring (bicyclic) bond motifs is 1. The summed E-state index contributed by atoms with van der Waals surface area (Å²) >= 11 is 3.36. The number of aryl methyl sites for hydroxylation is 1. The molecular formula is C14H10BrF2N3. The molecule has 2 aromatic carbocycles. The fourth-order valence-corrected chi connectivity index (χ4v) is 2.54. The van der Waals surface area contributed by atoms with Gasteiger partial charge in [0.15, 0.2) is 11.6 Å². The number of hydrogen-bond donors (Lipinski definition) is 1. The highest BCUT2D eigenvalue weighted by Gasteiger charge is 2.18. The van der Waals surface area contributed by atoms with Crippen molar-refractivity contribution in [3.05, 3.63) is 52.0 Å². The lowest BCUT2D eigenvalue weighted by Gasteiger charge is -2.11. The van der Waals surface area contributed by atoms with Crippen LogP contribution in [-0.4, -0.2) is 9.55 Å². The van der Waals surface area contributed by atoms with E-state index < -0.39 is 11.6 Å². The summed E-state index contributed by atoms with van der Waals surface area (Å²) in [7, 11) is 0. The third-order valence-electron chi connectivity index (χ3n) is 3.15. The summed E-state index contributed by atoms with van der Waals surface area (Å²) in [5.41, 5.74) is 7.77. The lowest BCUT2D eigenvalue weighted by molar-refractivity contribution is 0.514. The van der Waals surface area contributed by atoms with Crippen LogP contribution in [0.25, 0.3) is 16.7 Å². The molecule has 0 saturated heterocycles. The molecule has 0 radical (unpaired) electrons. The van der Waals surface area contributed by atoms with Crippen LogP contribution in [-0.2, 0) is 0 Å². The van der Waals surface area contributed by atoms with Crippen LogP contribution in [0.3, 0.4) is 0 Å². The Morgan fingerprint density at radius 3 is 2.70 bits per heavy atom. The van der Waals surface area contributed by atoms with Crippen LogP contribution in [0, 0.1) is 18.6 Å². The molecule has 0 unspecified atom stereocenters. The van der Waals surface area contributed by atoms with E-state index in [1.807, 2.05) is 19.1 Å². The van der Waals surface area contributed by atoms with Crippen LogP contribution in [0.2, 0.25) is 0 Å². The first-order chi connectivity index (χ1) is 9.49. The molecule has 3 nitrogen and oxygen atoms in total. The van der Waals surface area contributed by atoms with Gasteiger partial charge in [-0.3, -0.25) is 4.57 Å². The number of imidazole rings is 1. The maximum Gasteiger partial charge on any atom is 0.206 e. The summed E-state index contributed by atoms with van der Waals surface area (Å²) in [4.78, 5) is 4.08. The van der Waals surface area contributed by atoms with Gasteiger partial charge in [-0.15, -0.1) is 0 Å². The standard InChI is InChI=1S/C14H10BrF2N3/c1-7-2-3-8(15)6-11(7)20-13-10(19-14(20)18)5-4-9(16)12(13)17/h2-6H,1H3,(H2,18,19). The number of benzene rings is 2. The third kappa shape index (κ3) is 1.87. The summed E-state index contributed by atoms with van der Waals surface area (Å²) in [6.07, 6.45) is 0. The van der Waals surface area contributed by atoms with Gasteiger partial charge in [0.25, 0.3) is 0 Å². The summed E-state index contributed by atoms with van der Waals surface area (Å²) in [5.74, 6) is -1.76. The number of nitrogen functional groups attached to an aromatic ring is 1. The largest absolute Gasteiger partial charge is 0.369 e. The zero-order valence-electron chi connectivity index (χ0n) is 10.5. The van der Waals surface area contributed by atoms with Gasteiger partial charge in [-0.1, -0.05) is 22.0 Å². The predicted molar refractivity (Wildman–Crippen MR) is 77.8 cm³/mol. The molecule has 0 fully saturated rings. The number of nitrogens with two attached hydrogens (primary N) is 1. The Bertz CT molecular complexity index is 827. The van der Waals surface area contributed by atoms with Crippen molar-refractivity contribution in [1.82, 2.24) is 9.55 Å². The van der Waals surface area contributed by atoms with Crippen LogP contribution < -0.4 is 5.73 Å². The fourth-order valence-electron chi connectivity index (χ4n) is 2.19. The predicted octanol–water partition coefficient (Wildman–Crippen LogP) is 3.96. The third-order valence-corrected chi connectivity index (χ3v) is 3.64. The Balaban J connectivity index is 2.44. The Labute approximate surface area is 122 Å². The Morgan fingerprint density at radius 1 is 1.20 bits per heavy atom. The summed E-state index contributed by atoms with van der Waals surface area (Å²) in [5, 5.41) is 0. The van der Waals surface area contributed by atoms with Crippen molar-refractivity contribution in [2.24, 2.45) is 0 Å². The zero-order valence-corrected chi connectivity index (χ0v) is 12.1. The van der Waals surface area contributed by atoms with Crippen molar-refractivity contribution in [3.8, 4) is 5.69 Å². The maximum atomic E-state index is 14.1. The Kier molecular flexibility index (Phi) is 2.97. The van der Waals surface area contributed by atoms with Gasteiger partial charge in [-0.2, -0.15) is 0 Å². The highest BCUT2D eigenvalue weighted by molar-refractivity contribution is 9.10. The van der Waals surface area contributed by atoms with E-state index in [0.717, 1.165) is 16.1 Å². The van der Waals surface area contributed by atoms with Crippen LogP contribution in [0.1, 0.15) is 5.56 Å². The number of nitrogens with zero attached hydrogens (tertiary/aromatic N) is 2. The van der Waals surface area contributed by atoms with E-state index in [0.29, 0.717) is 11.2 Å². The van der Waals surface area contributed by atoms with Gasteiger partial charge < -0.3 is 5.73 Å². The monoisotopic (exact) mass is 337 g/mol. The van der Waals surface area contributed by atoms with Gasteiger partial charge in [0.2, 0.25) is 5.95 Å². The number of anilines is 1. The molecule has 3 rings (SSSR count). The van der Waals surface area contributed by atoms with Crippen LogP contribution in [0.4, 0.5) is 14.7 Å². The number of hydrogen-bond acceptors (Lipinski definition) is 2. The average molecular weight is 338 g/mol. The molecule has 0 spiro atoms. The molecule has 2 N–H and O–H groups in total. The van der Waals surface area contributed by atoms with Gasteiger partial charge in [-0.05, 0) is 36.8 Å². The van der Waals surface area contributed by atoms with E-state index in [9.17, 15) is 8.78 Å². The van der Waals surface area contributed by atoms with E-state index in [-0.39, 0.29) is 11.5 Å². The van der Waals surface area contributed by atoms with Crippen LogP contribution in [0.5, 0.6) is 0 Å². The molecule has 102 valence electrons. The Morgan fingerprint density at radius 2 is 1.95 bits per heavy atom. The van der Waals surface area contributed by atoms with Crippen molar-refractivity contribution in [3.63, 3.8) is 0 Å². The van der Waals surface area contributed by atoms with Gasteiger partial charge in [0.1, 0.15) is 5.52 Å². The van der Waals surface area contributed by atoms with Crippen molar-refractivity contribution in [1.29, 1.82) is 0 Å². The molecule has 1 aromatic heterocycles. The molecule has 0 saturated carbocycles. The van der Waals surface area contributed by atoms with Gasteiger partial charge in [0.05, 0.1) is 11.2 Å². The molecule has 6 heteroatoms. The van der Waals surface area contributed by atoms with Crippen LogP contribution >= 0.6 is 15.9 Å². The number of aromatic nitrogens is 2. The lowest BCUT2D eigenvalue weighted by atomic mass is 10.2. The fraction of sp³-hybridized carbons (Fsp3) is 0.0714. The lowest BCUT2D eigenvalue weighted by Crippen LogP contribution is -2.04. The molecule has 0 atom stereocenters. The second-order valence-corrected chi connectivity index (χ2v) is 5.38. The minimum Gasteiger partial charge on any atom is -0.369 e. The maximum absolute atomic E-state index is 14.1. The molecule has 0 bridgehead atoms. The second kappa shape index (κ2) is 4.56. The minimum absolute atomic E-state index is 0.0451. The van der Waals surface area contributed by atoms with Gasteiger partial charge >= 0.3 is 0 Å². The van der Waals surface area contributed by atoms with E-state index >= 15 is 0 Å². The molecule has 0 aliphatic rings. The van der Waals surface area contributed by atoms with E-state index in [2.05, 4.69) is 20.9 Å². The Hall–Kier alpha value is -1.95. The van der Waals surface area contributed by atoms with Crippen molar-refractivity contribution in [2.75, 3.05) is 5.73 Å². The minimum atomic E-state index is -0.953. The summed E-state index contributed by atoms with van der Waals surface area (Å²) < 4.78 is 29.8. The van der Waals surface area contributed by atoms with Crippen LogP contribution in [0.15, 0.2) is 34.8 Å².